The number of methoxy groups -OCH3 is 1. The molecule has 0 aromatic heterocycles. The summed E-state index contributed by atoms with van der Waals surface area (Å²) in [4.78, 5) is 10.8. The molecule has 0 saturated carbocycles. The van der Waals surface area contributed by atoms with Gasteiger partial charge in [0.25, 0.3) is 0 Å². The third kappa shape index (κ3) is 4.40. The Bertz CT molecular complexity index is 389. The molecule has 0 fully saturated rings. The third-order valence-electron chi connectivity index (χ3n) is 2.09. The van der Waals surface area contributed by atoms with E-state index in [4.69, 9.17) is 23.2 Å². The highest BCUT2D eigenvalue weighted by molar-refractivity contribution is 6.39. The van der Waals surface area contributed by atoms with Crippen molar-refractivity contribution in [1.29, 1.82) is 0 Å². The number of halogens is 3. The molecule has 1 rings (SSSR count). The lowest BCUT2D eigenvalue weighted by Crippen LogP contribution is -2.07. The summed E-state index contributed by atoms with van der Waals surface area (Å²) in [7, 11) is 1.34. The SMILES string of the molecule is COC(=O)CCCNc1c(Cl)cc(F)cc1Cl. The van der Waals surface area contributed by atoms with Gasteiger partial charge in [-0.1, -0.05) is 23.2 Å². The minimum Gasteiger partial charge on any atom is -0.469 e. The molecule has 1 N–H and O–H groups in total. The Labute approximate surface area is 109 Å². The van der Waals surface area contributed by atoms with Gasteiger partial charge in [-0.05, 0) is 18.6 Å². The summed E-state index contributed by atoms with van der Waals surface area (Å²) in [6.45, 7) is 0.500. The standard InChI is InChI=1S/C11H12Cl2FNO2/c1-17-10(16)3-2-4-15-11-8(12)5-7(14)6-9(11)13/h5-6,15H,2-4H2,1H3. The molecule has 3 nitrogen and oxygen atoms in total. The third-order valence-corrected chi connectivity index (χ3v) is 2.69. The molecule has 0 heterocycles. The number of hydrogen-bond acceptors (Lipinski definition) is 3. The van der Waals surface area contributed by atoms with Crippen LogP contribution in [0.2, 0.25) is 10.0 Å². The molecule has 94 valence electrons. The molecule has 17 heavy (non-hydrogen) atoms. The molecule has 0 aliphatic heterocycles. The van der Waals surface area contributed by atoms with Crippen LogP contribution >= 0.6 is 23.2 Å². The first-order valence-electron chi connectivity index (χ1n) is 5.00. The fourth-order valence-corrected chi connectivity index (χ4v) is 1.85. The average Bonchev–Trinajstić information content (AvgIpc) is 2.26. The van der Waals surface area contributed by atoms with Gasteiger partial charge in [-0.2, -0.15) is 0 Å². The van der Waals surface area contributed by atoms with E-state index in [1.165, 1.54) is 19.2 Å². The van der Waals surface area contributed by atoms with Gasteiger partial charge in [0.15, 0.2) is 0 Å². The second-order valence-corrected chi connectivity index (χ2v) is 4.17. The van der Waals surface area contributed by atoms with Crippen LogP contribution in [0.15, 0.2) is 12.1 Å². The van der Waals surface area contributed by atoms with Gasteiger partial charge < -0.3 is 10.1 Å². The number of anilines is 1. The first kappa shape index (κ1) is 14.1. The van der Waals surface area contributed by atoms with Crippen LogP contribution in [0.1, 0.15) is 12.8 Å². The number of nitrogens with one attached hydrogen (secondary N) is 1. The van der Waals surface area contributed by atoms with Crippen molar-refractivity contribution in [2.24, 2.45) is 0 Å². The lowest BCUT2D eigenvalue weighted by atomic mass is 10.2. The summed E-state index contributed by atoms with van der Waals surface area (Å²) >= 11 is 11.6. The molecule has 0 saturated heterocycles. The molecule has 6 heteroatoms. The van der Waals surface area contributed by atoms with E-state index in [0.717, 1.165) is 0 Å². The Hall–Kier alpha value is -1.00. The van der Waals surface area contributed by atoms with Crippen LogP contribution in [-0.4, -0.2) is 19.6 Å². The Morgan fingerprint density at radius 2 is 2.00 bits per heavy atom. The van der Waals surface area contributed by atoms with Gasteiger partial charge in [-0.3, -0.25) is 4.79 Å². The zero-order chi connectivity index (χ0) is 12.8. The predicted octanol–water partition coefficient (Wildman–Crippen LogP) is 3.50. The van der Waals surface area contributed by atoms with Gasteiger partial charge in [0.05, 0.1) is 22.8 Å². The predicted molar refractivity (Wildman–Crippen MR) is 66.2 cm³/mol. The molecule has 0 atom stereocenters. The van der Waals surface area contributed by atoms with E-state index in [0.29, 0.717) is 25.1 Å². The lowest BCUT2D eigenvalue weighted by molar-refractivity contribution is -0.140. The van der Waals surface area contributed by atoms with Gasteiger partial charge in [0, 0.05) is 13.0 Å². The molecule has 0 radical (unpaired) electrons. The largest absolute Gasteiger partial charge is 0.469 e. The molecular weight excluding hydrogens is 268 g/mol. The van der Waals surface area contributed by atoms with Crippen molar-refractivity contribution in [2.45, 2.75) is 12.8 Å². The Morgan fingerprint density at radius 3 is 2.53 bits per heavy atom. The Kier molecular flexibility index (Phi) is 5.51. The monoisotopic (exact) mass is 279 g/mol. The first-order valence-corrected chi connectivity index (χ1v) is 5.75. The van der Waals surface area contributed by atoms with Crippen molar-refractivity contribution in [2.75, 3.05) is 19.0 Å². The molecular formula is C11H12Cl2FNO2. The quantitative estimate of drug-likeness (QED) is 0.662. The smallest absolute Gasteiger partial charge is 0.305 e. The minimum atomic E-state index is -0.486. The van der Waals surface area contributed by atoms with Gasteiger partial charge >= 0.3 is 5.97 Å². The Morgan fingerprint density at radius 1 is 1.41 bits per heavy atom. The maximum absolute atomic E-state index is 12.9. The van der Waals surface area contributed by atoms with Crippen molar-refractivity contribution in [3.05, 3.63) is 28.0 Å². The van der Waals surface area contributed by atoms with Crippen molar-refractivity contribution < 1.29 is 13.9 Å². The number of benzene rings is 1. The van der Waals surface area contributed by atoms with Gasteiger partial charge in [-0.15, -0.1) is 0 Å². The summed E-state index contributed by atoms with van der Waals surface area (Å²) in [5.41, 5.74) is 0.472. The summed E-state index contributed by atoms with van der Waals surface area (Å²) in [5.74, 6) is -0.761. The van der Waals surface area contributed by atoms with E-state index in [1.54, 1.807) is 0 Å². The molecule has 0 spiro atoms. The normalized spacial score (nSPS) is 10.1. The highest BCUT2D eigenvalue weighted by atomic mass is 35.5. The van der Waals surface area contributed by atoms with Gasteiger partial charge in [0.1, 0.15) is 5.82 Å². The van der Waals surface area contributed by atoms with E-state index in [-0.39, 0.29) is 16.0 Å². The van der Waals surface area contributed by atoms with Crippen LogP contribution in [-0.2, 0) is 9.53 Å². The van der Waals surface area contributed by atoms with Crippen LogP contribution in [0.3, 0.4) is 0 Å². The van der Waals surface area contributed by atoms with Gasteiger partial charge in [-0.25, -0.2) is 4.39 Å². The molecule has 0 unspecified atom stereocenters. The lowest BCUT2D eigenvalue weighted by Gasteiger charge is -2.10. The highest BCUT2D eigenvalue weighted by Crippen LogP contribution is 2.31. The van der Waals surface area contributed by atoms with Crippen LogP contribution in [0.4, 0.5) is 10.1 Å². The molecule has 0 bridgehead atoms. The fraction of sp³-hybridized carbons (Fsp3) is 0.364. The summed E-state index contributed by atoms with van der Waals surface area (Å²) in [6.07, 6.45) is 0.886. The average molecular weight is 280 g/mol. The van der Waals surface area contributed by atoms with Crippen molar-refractivity contribution in [3.8, 4) is 0 Å². The zero-order valence-corrected chi connectivity index (χ0v) is 10.7. The van der Waals surface area contributed by atoms with E-state index in [1.807, 2.05) is 0 Å². The number of rotatable bonds is 5. The second-order valence-electron chi connectivity index (χ2n) is 3.35. The highest BCUT2D eigenvalue weighted by Gasteiger charge is 2.08. The van der Waals surface area contributed by atoms with Crippen LogP contribution < -0.4 is 5.32 Å². The number of hydrogen-bond donors (Lipinski definition) is 1. The summed E-state index contributed by atoms with van der Waals surface area (Å²) in [6, 6.07) is 2.35. The van der Waals surface area contributed by atoms with Crippen molar-refractivity contribution in [3.63, 3.8) is 0 Å². The van der Waals surface area contributed by atoms with Gasteiger partial charge in [0.2, 0.25) is 0 Å². The Balaban J connectivity index is 2.50. The van der Waals surface area contributed by atoms with E-state index in [9.17, 15) is 9.18 Å². The molecule has 0 aliphatic rings. The van der Waals surface area contributed by atoms with Crippen molar-refractivity contribution >= 4 is 34.9 Å². The van der Waals surface area contributed by atoms with Crippen molar-refractivity contribution in [1.82, 2.24) is 0 Å². The zero-order valence-electron chi connectivity index (χ0n) is 9.23. The maximum Gasteiger partial charge on any atom is 0.305 e. The van der Waals surface area contributed by atoms with E-state index >= 15 is 0 Å². The van der Waals surface area contributed by atoms with Crippen LogP contribution in [0.25, 0.3) is 0 Å². The fourth-order valence-electron chi connectivity index (χ4n) is 1.26. The molecule has 0 amide bonds. The molecule has 1 aromatic rings. The maximum atomic E-state index is 12.9. The summed E-state index contributed by atoms with van der Waals surface area (Å²) < 4.78 is 17.4. The molecule has 1 aromatic carbocycles. The topological polar surface area (TPSA) is 38.3 Å². The minimum absolute atomic E-state index is 0.216. The van der Waals surface area contributed by atoms with E-state index in [2.05, 4.69) is 10.1 Å². The number of ether oxygens (including phenoxy) is 1. The molecule has 0 aliphatic carbocycles. The van der Waals surface area contributed by atoms with Crippen LogP contribution in [0.5, 0.6) is 0 Å². The number of esters is 1. The second kappa shape index (κ2) is 6.67. The van der Waals surface area contributed by atoms with Crippen LogP contribution in [0, 0.1) is 5.82 Å². The first-order chi connectivity index (χ1) is 8.04. The summed E-state index contributed by atoms with van der Waals surface area (Å²) in [5, 5.41) is 3.38. The number of carbonyl (C=O) groups is 1. The van der Waals surface area contributed by atoms with E-state index < -0.39 is 5.82 Å². The number of carbonyl (C=O) groups excluding carboxylic acids is 1.